The van der Waals surface area contributed by atoms with E-state index in [9.17, 15) is 4.79 Å². The van der Waals surface area contributed by atoms with Crippen LogP contribution in [0.1, 0.15) is 10.4 Å². The number of likely N-dealkylation sites (tertiary alicyclic amines) is 2. The molecule has 2 aromatic heterocycles. The maximum absolute atomic E-state index is 12.7. The highest BCUT2D eigenvalue weighted by molar-refractivity contribution is 6.31. The Labute approximate surface area is 156 Å². The molecule has 132 valence electrons. The third-order valence-corrected chi connectivity index (χ3v) is 5.70. The smallest absolute Gasteiger partial charge is 0.253 e. The number of nitrogens with one attached hydrogen (secondary N) is 1. The van der Waals surface area contributed by atoms with Crippen molar-refractivity contribution in [2.75, 3.05) is 33.2 Å². The van der Waals surface area contributed by atoms with Gasteiger partial charge in [0.05, 0.1) is 5.02 Å². The van der Waals surface area contributed by atoms with Gasteiger partial charge in [-0.15, -0.1) is 0 Å². The second-order valence-corrected chi connectivity index (χ2v) is 8.10. The molecule has 0 radical (unpaired) electrons. The van der Waals surface area contributed by atoms with Gasteiger partial charge in [-0.25, -0.2) is 4.98 Å². The summed E-state index contributed by atoms with van der Waals surface area (Å²) >= 11 is 6.08. The summed E-state index contributed by atoms with van der Waals surface area (Å²) in [7, 11) is 2.13. The minimum absolute atomic E-state index is 0.125. The number of carbonyl (C=O) groups is 1. The lowest BCUT2D eigenvalue weighted by molar-refractivity contribution is -0.0872. The van der Waals surface area contributed by atoms with Crippen LogP contribution in [-0.4, -0.2) is 58.9 Å². The van der Waals surface area contributed by atoms with Crippen LogP contribution in [0.5, 0.6) is 0 Å². The molecule has 1 amide bonds. The largest absolute Gasteiger partial charge is 0.346 e. The number of H-pyrrole nitrogens is 1. The van der Waals surface area contributed by atoms with E-state index in [-0.39, 0.29) is 5.91 Å². The minimum atomic E-state index is 0.125. The van der Waals surface area contributed by atoms with Crippen LogP contribution in [-0.2, 0) is 0 Å². The van der Waals surface area contributed by atoms with Crippen molar-refractivity contribution in [2.45, 2.75) is 0 Å². The molecule has 1 spiro atoms. The van der Waals surface area contributed by atoms with Crippen molar-refractivity contribution in [3.63, 3.8) is 0 Å². The summed E-state index contributed by atoms with van der Waals surface area (Å²) in [5, 5.41) is 1.59. The molecule has 4 heterocycles. The monoisotopic (exact) mass is 366 g/mol. The van der Waals surface area contributed by atoms with Gasteiger partial charge in [-0.2, -0.15) is 0 Å². The van der Waals surface area contributed by atoms with Crippen molar-refractivity contribution in [1.29, 1.82) is 0 Å². The number of aromatic nitrogens is 2. The highest BCUT2D eigenvalue weighted by Crippen LogP contribution is 2.39. The molecule has 6 heteroatoms. The molecule has 0 unspecified atom stereocenters. The highest BCUT2D eigenvalue weighted by atomic mass is 35.5. The number of carbonyl (C=O) groups excluding carboxylic acids is 1. The molecule has 2 saturated heterocycles. The van der Waals surface area contributed by atoms with E-state index < -0.39 is 0 Å². The number of rotatable bonds is 2. The van der Waals surface area contributed by atoms with Crippen molar-refractivity contribution < 1.29 is 4.79 Å². The number of hydrogen-bond acceptors (Lipinski definition) is 3. The first-order valence-corrected chi connectivity index (χ1v) is 9.12. The Hall–Kier alpha value is -2.37. The van der Waals surface area contributed by atoms with Crippen molar-refractivity contribution in [2.24, 2.45) is 5.41 Å². The Bertz CT molecular complexity index is 996. The number of benzene rings is 1. The summed E-state index contributed by atoms with van der Waals surface area (Å²) in [5.41, 5.74) is 3.99. The molecule has 3 aromatic rings. The van der Waals surface area contributed by atoms with E-state index in [1.807, 2.05) is 41.4 Å². The number of amides is 1. The molecule has 1 aromatic carbocycles. The van der Waals surface area contributed by atoms with Gasteiger partial charge in [-0.1, -0.05) is 23.7 Å². The standard InChI is InChI=1S/C20H19ClN4O/c1-24-9-20(10-24)11-25(12-20)19(26)14-4-2-13(3-5-14)17-8-23-18-16(17)6-15(21)7-22-18/h2-8H,9-12H2,1H3,(H,22,23). The predicted octanol–water partition coefficient (Wildman–Crippen LogP) is 3.27. The minimum Gasteiger partial charge on any atom is -0.346 e. The summed E-state index contributed by atoms with van der Waals surface area (Å²) in [4.78, 5) is 24.4. The Morgan fingerprint density at radius 2 is 1.92 bits per heavy atom. The average molecular weight is 367 g/mol. The lowest BCUT2D eigenvalue weighted by Gasteiger charge is -2.59. The number of nitrogens with zero attached hydrogens (tertiary/aromatic N) is 3. The summed E-state index contributed by atoms with van der Waals surface area (Å²) in [6.45, 7) is 3.97. The van der Waals surface area contributed by atoms with Crippen molar-refractivity contribution in [1.82, 2.24) is 19.8 Å². The van der Waals surface area contributed by atoms with E-state index in [0.29, 0.717) is 10.4 Å². The number of halogens is 1. The van der Waals surface area contributed by atoms with Crippen LogP contribution in [0, 0.1) is 5.41 Å². The van der Waals surface area contributed by atoms with Crippen LogP contribution in [0.2, 0.25) is 5.02 Å². The molecule has 5 nitrogen and oxygen atoms in total. The molecule has 0 aliphatic carbocycles. The Morgan fingerprint density at radius 3 is 2.62 bits per heavy atom. The fourth-order valence-corrected chi connectivity index (χ4v) is 4.56. The van der Waals surface area contributed by atoms with Crippen LogP contribution < -0.4 is 0 Å². The topological polar surface area (TPSA) is 52.2 Å². The van der Waals surface area contributed by atoms with E-state index in [1.54, 1.807) is 6.20 Å². The first-order chi connectivity index (χ1) is 12.5. The zero-order valence-electron chi connectivity index (χ0n) is 14.5. The third-order valence-electron chi connectivity index (χ3n) is 5.49. The maximum Gasteiger partial charge on any atom is 0.253 e. The van der Waals surface area contributed by atoms with Gasteiger partial charge in [-0.05, 0) is 30.8 Å². The van der Waals surface area contributed by atoms with E-state index >= 15 is 0 Å². The lowest BCUT2D eigenvalue weighted by Crippen LogP contribution is -2.71. The van der Waals surface area contributed by atoms with Gasteiger partial charge in [-0.3, -0.25) is 4.79 Å². The van der Waals surface area contributed by atoms with E-state index in [0.717, 1.165) is 53.9 Å². The molecule has 5 rings (SSSR count). The molecule has 0 atom stereocenters. The molecule has 2 aliphatic heterocycles. The van der Waals surface area contributed by atoms with E-state index in [2.05, 4.69) is 21.9 Å². The highest BCUT2D eigenvalue weighted by Gasteiger charge is 2.51. The number of aromatic amines is 1. The summed E-state index contributed by atoms with van der Waals surface area (Å²) < 4.78 is 0. The van der Waals surface area contributed by atoms with Crippen LogP contribution in [0.3, 0.4) is 0 Å². The number of pyridine rings is 1. The first kappa shape index (κ1) is 15.9. The fourth-order valence-electron chi connectivity index (χ4n) is 4.40. The third kappa shape index (κ3) is 2.42. The van der Waals surface area contributed by atoms with E-state index in [4.69, 9.17) is 11.6 Å². The maximum atomic E-state index is 12.7. The van der Waals surface area contributed by atoms with Gasteiger partial charge in [0.2, 0.25) is 0 Å². The second-order valence-electron chi connectivity index (χ2n) is 7.66. The van der Waals surface area contributed by atoms with Gasteiger partial charge < -0.3 is 14.8 Å². The summed E-state index contributed by atoms with van der Waals surface area (Å²) in [5.74, 6) is 0.125. The zero-order valence-corrected chi connectivity index (χ0v) is 15.3. The second kappa shape index (κ2) is 5.56. The molecule has 0 saturated carbocycles. The van der Waals surface area contributed by atoms with Gasteiger partial charge in [0.25, 0.3) is 5.91 Å². The van der Waals surface area contributed by atoms with Crippen LogP contribution in [0.4, 0.5) is 0 Å². The first-order valence-electron chi connectivity index (χ1n) is 8.74. The molecule has 0 bridgehead atoms. The Kier molecular flexibility index (Phi) is 3.39. The van der Waals surface area contributed by atoms with Gasteiger partial charge in [0, 0.05) is 60.5 Å². The van der Waals surface area contributed by atoms with Gasteiger partial charge >= 0.3 is 0 Å². The quantitative estimate of drug-likeness (QED) is 0.757. The molecule has 2 fully saturated rings. The van der Waals surface area contributed by atoms with Gasteiger partial charge in [0.15, 0.2) is 0 Å². The molecular weight excluding hydrogens is 348 g/mol. The average Bonchev–Trinajstić information content (AvgIpc) is 2.99. The molecular formula is C20H19ClN4O. The van der Waals surface area contributed by atoms with Crippen LogP contribution in [0.15, 0.2) is 42.7 Å². The van der Waals surface area contributed by atoms with Crippen LogP contribution >= 0.6 is 11.6 Å². The predicted molar refractivity (Wildman–Crippen MR) is 102 cm³/mol. The van der Waals surface area contributed by atoms with Crippen LogP contribution in [0.25, 0.3) is 22.2 Å². The van der Waals surface area contributed by atoms with Gasteiger partial charge in [0.1, 0.15) is 5.65 Å². The summed E-state index contributed by atoms with van der Waals surface area (Å²) in [6.07, 6.45) is 3.56. The Morgan fingerprint density at radius 1 is 1.19 bits per heavy atom. The van der Waals surface area contributed by atoms with Crippen molar-refractivity contribution >= 4 is 28.5 Å². The molecule has 2 aliphatic rings. The summed E-state index contributed by atoms with van der Waals surface area (Å²) in [6, 6.07) is 9.70. The number of hydrogen-bond donors (Lipinski definition) is 1. The fraction of sp³-hybridized carbons (Fsp3) is 0.300. The Balaban J connectivity index is 1.36. The van der Waals surface area contributed by atoms with Crippen molar-refractivity contribution in [3.8, 4) is 11.1 Å². The van der Waals surface area contributed by atoms with E-state index in [1.165, 1.54) is 0 Å². The SMILES string of the molecule is CN1CC2(C1)CN(C(=O)c1ccc(-c3c[nH]c4ncc(Cl)cc34)cc1)C2. The molecule has 26 heavy (non-hydrogen) atoms. The number of fused-ring (bicyclic) bond motifs is 1. The zero-order chi connectivity index (χ0) is 17.9. The van der Waals surface area contributed by atoms with Crippen molar-refractivity contribution in [3.05, 3.63) is 53.3 Å². The lowest BCUT2D eigenvalue weighted by atomic mass is 9.73. The molecule has 1 N–H and O–H groups in total. The normalized spacial score (nSPS) is 18.8.